The first-order chi connectivity index (χ1) is 7.98. The van der Waals surface area contributed by atoms with Gasteiger partial charge in [-0.15, -0.1) is 0 Å². The van der Waals surface area contributed by atoms with Crippen molar-refractivity contribution in [3.05, 3.63) is 29.5 Å². The quantitative estimate of drug-likeness (QED) is 0.461. The molecule has 0 saturated carbocycles. The summed E-state index contributed by atoms with van der Waals surface area (Å²) in [6.45, 7) is 1.84. The van der Waals surface area contributed by atoms with Crippen LogP contribution in [0.4, 0.5) is 5.69 Å². The van der Waals surface area contributed by atoms with Crippen molar-refractivity contribution in [2.75, 3.05) is 9.82 Å². The summed E-state index contributed by atoms with van der Waals surface area (Å²) in [4.78, 5) is 0. The molecule has 7 nitrogen and oxygen atoms in total. The highest BCUT2D eigenvalue weighted by atomic mass is 127. The van der Waals surface area contributed by atoms with Gasteiger partial charge in [0.25, 0.3) is 21.5 Å². The van der Waals surface area contributed by atoms with E-state index in [0.717, 1.165) is 0 Å². The van der Waals surface area contributed by atoms with Crippen molar-refractivity contribution < 1.29 is 15.7 Å². The van der Waals surface area contributed by atoms with Gasteiger partial charge in [-0.3, -0.25) is 0 Å². The lowest BCUT2D eigenvalue weighted by Crippen LogP contribution is -2.27. The number of hydrogen-bond donors (Lipinski definition) is 1. The first kappa shape index (κ1) is 14.3. The molecule has 96 valence electrons. The maximum Gasteiger partial charge on any atom is 0.382 e. The predicted octanol–water partition coefficient (Wildman–Crippen LogP) is 1.46. The molecule has 1 aromatic carbocycles. The summed E-state index contributed by atoms with van der Waals surface area (Å²) in [6.07, 6.45) is 0. The van der Waals surface area contributed by atoms with Crippen LogP contribution in [0.2, 0.25) is 0 Å². The van der Waals surface area contributed by atoms with Crippen LogP contribution in [0.25, 0.3) is 0 Å². The van der Waals surface area contributed by atoms with Gasteiger partial charge in [-0.25, -0.2) is 3.07 Å². The molecule has 0 fully saturated rings. The Bertz CT molecular complexity index is 475. The molecule has 0 radical (unpaired) electrons. The van der Waals surface area contributed by atoms with Crippen LogP contribution in [-0.4, -0.2) is 15.0 Å². The second-order valence-electron chi connectivity index (χ2n) is 2.84. The third kappa shape index (κ3) is 4.53. The van der Waals surface area contributed by atoms with Crippen LogP contribution in [0.5, 0.6) is 5.75 Å². The van der Waals surface area contributed by atoms with E-state index in [1.807, 2.05) is 0 Å². The molecule has 0 aliphatic heterocycles. The minimum absolute atomic E-state index is 0.0761. The molecule has 0 spiro atoms. The number of rotatable bonds is 6. The van der Waals surface area contributed by atoms with E-state index in [1.165, 1.54) is 24.3 Å². The Labute approximate surface area is 110 Å². The molecule has 9 heteroatoms. The molecule has 0 aliphatic carbocycles. The Balaban J connectivity index is 2.78. The van der Waals surface area contributed by atoms with E-state index in [9.17, 15) is 16.7 Å². The highest BCUT2D eigenvalue weighted by molar-refractivity contribution is 14.1. The number of halogens is 1. The molecule has 0 unspecified atom stereocenters. The fourth-order valence-corrected chi connectivity index (χ4v) is 2.32. The van der Waals surface area contributed by atoms with Crippen molar-refractivity contribution in [2.45, 2.75) is 6.92 Å². The van der Waals surface area contributed by atoms with E-state index in [4.69, 9.17) is 0 Å². The van der Waals surface area contributed by atoms with Crippen molar-refractivity contribution in [1.82, 2.24) is 4.72 Å². The Kier molecular flexibility index (Phi) is 5.24. The first-order valence-corrected chi connectivity index (χ1v) is 7.77. The average molecular weight is 373 g/mol. The van der Waals surface area contributed by atoms with E-state index in [0.29, 0.717) is 3.28 Å². The van der Waals surface area contributed by atoms with E-state index in [-0.39, 0.29) is 18.0 Å². The minimum atomic E-state index is -3.82. The topological polar surface area (TPSA) is 98.8 Å². The monoisotopic (exact) mass is 373 g/mol. The lowest BCUT2D eigenvalue weighted by atomic mass is 10.3. The average Bonchev–Trinajstić information content (AvgIpc) is 2.28. The maximum atomic E-state index is 11.2. The minimum Gasteiger partial charge on any atom is -0.748 e. The number of benzene rings is 1. The third-order valence-corrected chi connectivity index (χ3v) is 3.60. The standard InChI is InChI=1S/C8H10IN2O5S/c1-2-10-17(14,15)16-8-5-3-7(4-6-8)11(13)9-12/h3-6,10H,2H2,1H3/q-1. The Morgan fingerprint density at radius 1 is 1.41 bits per heavy atom. The number of hydrogen-bond acceptors (Lipinski definition) is 5. The second kappa shape index (κ2) is 6.23. The van der Waals surface area contributed by atoms with Gasteiger partial charge in [0, 0.05) is 12.2 Å². The second-order valence-corrected chi connectivity index (χ2v) is 5.48. The van der Waals surface area contributed by atoms with Gasteiger partial charge >= 0.3 is 10.3 Å². The Hall–Kier alpha value is -0.780. The number of anilines is 1. The van der Waals surface area contributed by atoms with Crippen LogP contribution in [0.15, 0.2) is 24.3 Å². The van der Waals surface area contributed by atoms with Crippen molar-refractivity contribution in [3.8, 4) is 5.75 Å². The van der Waals surface area contributed by atoms with E-state index in [1.54, 1.807) is 6.92 Å². The lowest BCUT2D eigenvalue weighted by molar-refractivity contribution is 0.473. The Morgan fingerprint density at radius 3 is 2.47 bits per heavy atom. The Morgan fingerprint density at radius 2 is 2.00 bits per heavy atom. The molecule has 0 bridgehead atoms. The molecule has 0 aliphatic rings. The van der Waals surface area contributed by atoms with Crippen LogP contribution >= 0.6 is 21.5 Å². The van der Waals surface area contributed by atoms with Gasteiger partial charge in [0.15, 0.2) is 0 Å². The van der Waals surface area contributed by atoms with Gasteiger partial charge in [0.2, 0.25) is 0 Å². The molecule has 0 heterocycles. The van der Waals surface area contributed by atoms with Gasteiger partial charge in [0.1, 0.15) is 5.75 Å². The molecular formula is C8H10IN2O5S-. The van der Waals surface area contributed by atoms with Crippen LogP contribution in [0.1, 0.15) is 6.92 Å². The highest BCUT2D eigenvalue weighted by Crippen LogP contribution is 2.23. The maximum absolute atomic E-state index is 11.2. The van der Waals surface area contributed by atoms with Crippen LogP contribution < -0.4 is 12.2 Å². The fraction of sp³-hybridized carbons (Fsp3) is 0.250. The molecule has 1 aromatic rings. The first-order valence-electron chi connectivity index (χ1n) is 4.52. The number of nitrogens with zero attached hydrogens (tertiary/aromatic N) is 1. The summed E-state index contributed by atoms with van der Waals surface area (Å²) in [5, 5.41) is 11.0. The summed E-state index contributed by atoms with van der Waals surface area (Å²) in [6, 6.07) is 5.30. The van der Waals surface area contributed by atoms with Crippen LogP contribution in [0, 0.1) is 5.21 Å². The smallest absolute Gasteiger partial charge is 0.382 e. The summed E-state index contributed by atoms with van der Waals surface area (Å²) in [7, 11) is -3.82. The van der Waals surface area contributed by atoms with Crippen molar-refractivity contribution >= 4 is 37.5 Å². The van der Waals surface area contributed by atoms with Crippen LogP contribution in [-0.2, 0) is 13.4 Å². The molecule has 1 rings (SSSR count). The summed E-state index contributed by atoms with van der Waals surface area (Å²) >= 11 is -1.82. The summed E-state index contributed by atoms with van der Waals surface area (Å²) < 4.78 is 40.0. The molecule has 0 amide bonds. The van der Waals surface area contributed by atoms with E-state index >= 15 is 0 Å². The predicted molar refractivity (Wildman–Crippen MR) is 70.2 cm³/mol. The number of nitrogens with one attached hydrogen (secondary N) is 1. The fourth-order valence-electron chi connectivity index (χ4n) is 0.992. The molecule has 17 heavy (non-hydrogen) atoms. The molecule has 0 saturated heterocycles. The summed E-state index contributed by atoms with van der Waals surface area (Å²) in [5.74, 6) is 0.0761. The third-order valence-electron chi connectivity index (χ3n) is 1.63. The zero-order valence-corrected chi connectivity index (χ0v) is 11.8. The van der Waals surface area contributed by atoms with E-state index in [2.05, 4.69) is 8.91 Å². The lowest BCUT2D eigenvalue weighted by Gasteiger charge is -2.20. The van der Waals surface area contributed by atoms with Gasteiger partial charge in [-0.05, 0) is 24.3 Å². The highest BCUT2D eigenvalue weighted by Gasteiger charge is 2.10. The van der Waals surface area contributed by atoms with Gasteiger partial charge < -0.3 is 12.7 Å². The van der Waals surface area contributed by atoms with Crippen molar-refractivity contribution in [3.63, 3.8) is 0 Å². The van der Waals surface area contributed by atoms with E-state index < -0.39 is 31.8 Å². The summed E-state index contributed by atoms with van der Waals surface area (Å²) in [5.41, 5.74) is 0.195. The molecule has 1 N–H and O–H groups in total. The molecular weight excluding hydrogens is 363 g/mol. The van der Waals surface area contributed by atoms with Gasteiger partial charge in [0.05, 0.1) is 0 Å². The van der Waals surface area contributed by atoms with Crippen molar-refractivity contribution in [2.24, 2.45) is 0 Å². The van der Waals surface area contributed by atoms with Crippen LogP contribution in [0.3, 0.4) is 0 Å². The zero-order valence-electron chi connectivity index (χ0n) is 8.79. The normalized spacial score (nSPS) is 11.2. The van der Waals surface area contributed by atoms with Crippen molar-refractivity contribution in [1.29, 1.82) is 0 Å². The molecule has 0 aromatic heterocycles. The van der Waals surface area contributed by atoms with Gasteiger partial charge in [-0.2, -0.15) is 13.1 Å². The molecule has 0 atom stereocenters. The van der Waals surface area contributed by atoms with Gasteiger partial charge in [-0.1, -0.05) is 6.92 Å². The zero-order chi connectivity index (χ0) is 12.9. The SMILES string of the molecule is CCNS(=O)(=O)Oc1ccc(N([O-])I=O)cc1. The largest absolute Gasteiger partial charge is 0.748 e.